The summed E-state index contributed by atoms with van der Waals surface area (Å²) < 4.78 is 0. The number of β-amino-alcohol motifs (C(OH)–C–C–N with tert-alkyl or cyclic N) is 1. The Balaban J connectivity index is 2.86. The van der Waals surface area contributed by atoms with Crippen LogP contribution in [-0.2, 0) is 10.4 Å². The molecular formula is C16H25NO3. The lowest BCUT2D eigenvalue weighted by Crippen LogP contribution is -2.49. The van der Waals surface area contributed by atoms with Crippen molar-refractivity contribution < 1.29 is 15.0 Å². The molecule has 20 heavy (non-hydrogen) atoms. The molecule has 1 rings (SSSR count). The lowest BCUT2D eigenvalue weighted by molar-refractivity contribution is -0.138. The van der Waals surface area contributed by atoms with E-state index >= 15 is 0 Å². The van der Waals surface area contributed by atoms with E-state index in [9.17, 15) is 9.90 Å². The third-order valence-electron chi connectivity index (χ3n) is 3.44. The minimum absolute atomic E-state index is 0.0716. The molecule has 0 amide bonds. The van der Waals surface area contributed by atoms with Crippen molar-refractivity contribution in [3.8, 4) is 0 Å². The third kappa shape index (κ3) is 4.94. The zero-order valence-corrected chi connectivity index (χ0v) is 12.8. The molecule has 0 aliphatic rings. The molecule has 0 aliphatic carbocycles. The number of aliphatic hydroxyl groups is 1. The van der Waals surface area contributed by atoms with Crippen LogP contribution in [0.3, 0.4) is 0 Å². The number of aliphatic carboxylic acids is 1. The predicted octanol–water partition coefficient (Wildman–Crippen LogP) is 2.47. The van der Waals surface area contributed by atoms with E-state index in [0.717, 1.165) is 5.56 Å². The number of hydrogen-bond acceptors (Lipinski definition) is 3. The van der Waals surface area contributed by atoms with Gasteiger partial charge in [0.15, 0.2) is 0 Å². The molecule has 0 spiro atoms. The first-order valence-electron chi connectivity index (χ1n) is 6.88. The lowest BCUT2D eigenvalue weighted by Gasteiger charge is -2.40. The van der Waals surface area contributed by atoms with Gasteiger partial charge in [-0.25, -0.2) is 0 Å². The summed E-state index contributed by atoms with van der Waals surface area (Å²) in [5.74, 6) is -0.821. The largest absolute Gasteiger partial charge is 0.481 e. The maximum absolute atomic E-state index is 10.8. The van der Waals surface area contributed by atoms with Gasteiger partial charge in [0.25, 0.3) is 0 Å². The Morgan fingerprint density at radius 2 is 1.70 bits per heavy atom. The molecule has 1 unspecified atom stereocenters. The van der Waals surface area contributed by atoms with E-state index in [1.807, 2.05) is 56.0 Å². The smallest absolute Gasteiger partial charge is 0.304 e. The van der Waals surface area contributed by atoms with Gasteiger partial charge < -0.3 is 10.2 Å². The van der Waals surface area contributed by atoms with E-state index in [4.69, 9.17) is 5.11 Å². The summed E-state index contributed by atoms with van der Waals surface area (Å²) in [7, 11) is 0. The first kappa shape index (κ1) is 16.7. The Morgan fingerprint density at radius 3 is 2.15 bits per heavy atom. The highest BCUT2D eigenvalue weighted by Gasteiger charge is 2.31. The van der Waals surface area contributed by atoms with Crippen LogP contribution in [0.5, 0.6) is 0 Å². The number of nitrogens with zero attached hydrogens (tertiary/aromatic N) is 1. The van der Waals surface area contributed by atoms with Crippen molar-refractivity contribution in [2.24, 2.45) is 0 Å². The third-order valence-corrected chi connectivity index (χ3v) is 3.44. The molecule has 0 saturated carbocycles. The number of carboxylic acids is 1. The average molecular weight is 279 g/mol. The Hall–Kier alpha value is -1.39. The van der Waals surface area contributed by atoms with Crippen molar-refractivity contribution in [1.82, 2.24) is 4.90 Å². The minimum atomic E-state index is -1.01. The number of carbonyl (C=O) groups is 1. The monoisotopic (exact) mass is 279 g/mol. The van der Waals surface area contributed by atoms with Crippen LogP contribution in [0, 0.1) is 0 Å². The van der Waals surface area contributed by atoms with Crippen LogP contribution >= 0.6 is 0 Å². The standard InChI is InChI=1S/C16H25NO3/c1-15(2,3)17(11-10-14(18)19)12-16(4,20)13-8-6-5-7-9-13/h5-9,20H,10-12H2,1-4H3,(H,18,19). The quantitative estimate of drug-likeness (QED) is 0.840. The molecular weight excluding hydrogens is 254 g/mol. The molecule has 4 heteroatoms. The summed E-state index contributed by atoms with van der Waals surface area (Å²) in [4.78, 5) is 12.8. The molecule has 2 N–H and O–H groups in total. The zero-order valence-electron chi connectivity index (χ0n) is 12.8. The summed E-state index contributed by atoms with van der Waals surface area (Å²) >= 11 is 0. The molecule has 1 aromatic rings. The van der Waals surface area contributed by atoms with E-state index in [0.29, 0.717) is 13.1 Å². The number of carboxylic acid groups (broad SMARTS) is 1. The van der Waals surface area contributed by atoms with Crippen molar-refractivity contribution in [2.75, 3.05) is 13.1 Å². The van der Waals surface area contributed by atoms with Crippen LogP contribution < -0.4 is 0 Å². The molecule has 0 saturated heterocycles. The van der Waals surface area contributed by atoms with Crippen LogP contribution in [0.2, 0.25) is 0 Å². The Bertz CT molecular complexity index is 435. The lowest BCUT2D eigenvalue weighted by atomic mass is 9.93. The van der Waals surface area contributed by atoms with Gasteiger partial charge >= 0.3 is 5.97 Å². The number of hydrogen-bond donors (Lipinski definition) is 2. The summed E-state index contributed by atoms with van der Waals surface area (Å²) in [5.41, 5.74) is -0.370. The fourth-order valence-corrected chi connectivity index (χ4v) is 2.14. The molecule has 0 bridgehead atoms. The topological polar surface area (TPSA) is 60.8 Å². The molecule has 0 radical (unpaired) electrons. The van der Waals surface area contributed by atoms with Gasteiger partial charge in [-0.3, -0.25) is 9.69 Å². The Labute approximate surface area is 121 Å². The normalized spacial score (nSPS) is 15.1. The maximum atomic E-state index is 10.8. The maximum Gasteiger partial charge on any atom is 0.304 e. The summed E-state index contributed by atoms with van der Waals surface area (Å²) in [6, 6.07) is 9.46. The average Bonchev–Trinajstić information content (AvgIpc) is 2.34. The van der Waals surface area contributed by atoms with Gasteiger partial charge in [-0.2, -0.15) is 0 Å². The van der Waals surface area contributed by atoms with Crippen LogP contribution in [0.4, 0.5) is 0 Å². The van der Waals surface area contributed by atoms with Gasteiger partial charge in [-0.1, -0.05) is 30.3 Å². The summed E-state index contributed by atoms with van der Waals surface area (Å²) in [5, 5.41) is 19.5. The fourth-order valence-electron chi connectivity index (χ4n) is 2.14. The van der Waals surface area contributed by atoms with Crippen LogP contribution in [0.1, 0.15) is 39.7 Å². The predicted molar refractivity (Wildman–Crippen MR) is 79.6 cm³/mol. The van der Waals surface area contributed by atoms with E-state index < -0.39 is 11.6 Å². The van der Waals surface area contributed by atoms with Crippen molar-refractivity contribution in [3.63, 3.8) is 0 Å². The zero-order chi connectivity index (χ0) is 15.4. The van der Waals surface area contributed by atoms with Crippen molar-refractivity contribution >= 4 is 5.97 Å². The van der Waals surface area contributed by atoms with Crippen LogP contribution in [0.15, 0.2) is 30.3 Å². The van der Waals surface area contributed by atoms with Gasteiger partial charge in [-0.05, 0) is 33.3 Å². The highest BCUT2D eigenvalue weighted by atomic mass is 16.4. The molecule has 0 aromatic heterocycles. The van der Waals surface area contributed by atoms with Gasteiger partial charge in [-0.15, -0.1) is 0 Å². The second kappa shape index (κ2) is 6.37. The second-order valence-electron chi connectivity index (χ2n) is 6.38. The fraction of sp³-hybridized carbons (Fsp3) is 0.562. The molecule has 1 atom stereocenters. The van der Waals surface area contributed by atoms with Crippen molar-refractivity contribution in [2.45, 2.75) is 45.3 Å². The first-order chi connectivity index (χ1) is 9.13. The van der Waals surface area contributed by atoms with Gasteiger partial charge in [0.1, 0.15) is 0 Å². The second-order valence-corrected chi connectivity index (χ2v) is 6.38. The number of rotatable bonds is 6. The van der Waals surface area contributed by atoms with E-state index in [1.54, 1.807) is 6.92 Å². The van der Waals surface area contributed by atoms with Crippen LogP contribution in [0.25, 0.3) is 0 Å². The van der Waals surface area contributed by atoms with Gasteiger partial charge in [0, 0.05) is 18.6 Å². The van der Waals surface area contributed by atoms with Crippen LogP contribution in [-0.4, -0.2) is 39.7 Å². The minimum Gasteiger partial charge on any atom is -0.481 e. The first-order valence-corrected chi connectivity index (χ1v) is 6.88. The van der Waals surface area contributed by atoms with Gasteiger partial charge in [0.2, 0.25) is 0 Å². The molecule has 112 valence electrons. The van der Waals surface area contributed by atoms with E-state index in [-0.39, 0.29) is 12.0 Å². The van der Waals surface area contributed by atoms with Gasteiger partial charge in [0.05, 0.1) is 12.0 Å². The molecule has 4 nitrogen and oxygen atoms in total. The highest BCUT2D eigenvalue weighted by Crippen LogP contribution is 2.25. The Kier molecular flexibility index (Phi) is 5.31. The summed E-state index contributed by atoms with van der Waals surface area (Å²) in [6.45, 7) is 8.65. The van der Waals surface area contributed by atoms with Crippen molar-refractivity contribution in [1.29, 1.82) is 0 Å². The molecule has 1 aromatic carbocycles. The SMILES string of the molecule is CC(O)(CN(CCC(=O)O)C(C)(C)C)c1ccccc1. The van der Waals surface area contributed by atoms with Crippen molar-refractivity contribution in [3.05, 3.63) is 35.9 Å². The molecule has 0 heterocycles. The molecule has 0 fully saturated rings. The van der Waals surface area contributed by atoms with E-state index in [2.05, 4.69) is 0 Å². The highest BCUT2D eigenvalue weighted by molar-refractivity contribution is 5.66. The molecule has 0 aliphatic heterocycles. The van der Waals surface area contributed by atoms with E-state index in [1.165, 1.54) is 0 Å². The Morgan fingerprint density at radius 1 is 1.15 bits per heavy atom. The number of benzene rings is 1. The summed E-state index contributed by atoms with van der Waals surface area (Å²) in [6.07, 6.45) is 0.0716.